The van der Waals surface area contributed by atoms with E-state index in [9.17, 15) is 0 Å². The van der Waals surface area contributed by atoms with E-state index in [-0.39, 0.29) is 0 Å². The molecule has 0 radical (unpaired) electrons. The average molecular weight is 236 g/mol. The molecule has 18 heavy (non-hydrogen) atoms. The average Bonchev–Trinajstić information content (AvgIpc) is 3.11. The molecule has 0 aliphatic heterocycles. The lowest BCUT2D eigenvalue weighted by Crippen LogP contribution is -2.04. The first-order valence-electron chi connectivity index (χ1n) is 6.88. The first-order valence-corrected chi connectivity index (χ1v) is 6.88. The van der Waals surface area contributed by atoms with Crippen LogP contribution in [0, 0.1) is 5.92 Å². The highest BCUT2D eigenvalue weighted by Crippen LogP contribution is 2.55. The molecule has 92 valence electrons. The third-order valence-electron chi connectivity index (χ3n) is 4.47. The van der Waals surface area contributed by atoms with Crippen molar-refractivity contribution in [3.8, 4) is 0 Å². The molecule has 0 heteroatoms. The molecule has 2 aromatic rings. The highest BCUT2D eigenvalue weighted by atomic mass is 14.5. The standard InChI is InChI=1S/C18H20/c1-18(16-10-6-3-7-11-16)14-17(18)13-12-15-8-4-2-5-9-15/h2-11,17H,12-14H2,1H3. The van der Waals surface area contributed by atoms with E-state index in [1.807, 2.05) is 0 Å². The zero-order chi connectivity index (χ0) is 12.4. The van der Waals surface area contributed by atoms with Gasteiger partial charge in [0.05, 0.1) is 0 Å². The maximum absolute atomic E-state index is 2.41. The Morgan fingerprint density at radius 2 is 1.56 bits per heavy atom. The molecular weight excluding hydrogens is 216 g/mol. The number of rotatable bonds is 4. The quantitative estimate of drug-likeness (QED) is 0.728. The molecule has 2 unspecified atom stereocenters. The summed E-state index contributed by atoms with van der Waals surface area (Å²) in [6, 6.07) is 21.8. The van der Waals surface area contributed by atoms with Crippen LogP contribution in [0.3, 0.4) is 0 Å². The fourth-order valence-corrected chi connectivity index (χ4v) is 3.03. The molecule has 1 saturated carbocycles. The van der Waals surface area contributed by atoms with Crippen LogP contribution in [0.5, 0.6) is 0 Å². The van der Waals surface area contributed by atoms with Crippen LogP contribution in [0.1, 0.15) is 30.9 Å². The van der Waals surface area contributed by atoms with Crippen molar-refractivity contribution in [2.24, 2.45) is 5.92 Å². The van der Waals surface area contributed by atoms with E-state index in [2.05, 4.69) is 67.6 Å². The van der Waals surface area contributed by atoms with Gasteiger partial charge in [-0.15, -0.1) is 0 Å². The maximum Gasteiger partial charge on any atom is -0.00436 e. The molecule has 0 heterocycles. The van der Waals surface area contributed by atoms with Gasteiger partial charge < -0.3 is 0 Å². The van der Waals surface area contributed by atoms with Gasteiger partial charge in [0, 0.05) is 0 Å². The predicted molar refractivity (Wildman–Crippen MR) is 76.7 cm³/mol. The normalized spacial score (nSPS) is 25.9. The third-order valence-corrected chi connectivity index (χ3v) is 4.47. The number of aryl methyl sites for hydroxylation is 1. The fraction of sp³-hybridized carbons (Fsp3) is 0.333. The van der Waals surface area contributed by atoms with Crippen LogP contribution >= 0.6 is 0 Å². The molecule has 2 atom stereocenters. The van der Waals surface area contributed by atoms with Crippen molar-refractivity contribution in [2.75, 3.05) is 0 Å². The molecular formula is C18H20. The molecule has 0 amide bonds. The highest BCUT2D eigenvalue weighted by molar-refractivity contribution is 5.32. The van der Waals surface area contributed by atoms with Gasteiger partial charge in [-0.1, -0.05) is 67.6 Å². The zero-order valence-electron chi connectivity index (χ0n) is 11.0. The van der Waals surface area contributed by atoms with E-state index in [1.165, 1.54) is 30.4 Å². The van der Waals surface area contributed by atoms with Crippen LogP contribution in [-0.4, -0.2) is 0 Å². The molecule has 1 aliphatic carbocycles. The largest absolute Gasteiger partial charge is 0.0622 e. The van der Waals surface area contributed by atoms with Crippen LogP contribution in [0.4, 0.5) is 0 Å². The molecule has 0 bridgehead atoms. The summed E-state index contributed by atoms with van der Waals surface area (Å²) in [5.41, 5.74) is 3.43. The summed E-state index contributed by atoms with van der Waals surface area (Å²) in [7, 11) is 0. The van der Waals surface area contributed by atoms with Crippen LogP contribution < -0.4 is 0 Å². The minimum atomic E-state index is 0.441. The van der Waals surface area contributed by atoms with Crippen molar-refractivity contribution in [2.45, 2.75) is 31.6 Å². The van der Waals surface area contributed by atoms with E-state index in [0.717, 1.165) is 5.92 Å². The van der Waals surface area contributed by atoms with Crippen LogP contribution in [0.2, 0.25) is 0 Å². The Hall–Kier alpha value is -1.56. The van der Waals surface area contributed by atoms with Gasteiger partial charge in [0.25, 0.3) is 0 Å². The summed E-state index contributed by atoms with van der Waals surface area (Å²) in [5, 5.41) is 0. The predicted octanol–water partition coefficient (Wildman–Crippen LogP) is 4.60. The fourth-order valence-electron chi connectivity index (χ4n) is 3.03. The Labute approximate surface area is 110 Å². The molecule has 0 saturated heterocycles. The molecule has 0 spiro atoms. The second kappa shape index (κ2) is 4.61. The smallest absolute Gasteiger partial charge is 0.00436 e. The molecule has 1 aliphatic rings. The SMILES string of the molecule is CC1(c2ccccc2)CC1CCc1ccccc1. The summed E-state index contributed by atoms with van der Waals surface area (Å²) in [5.74, 6) is 0.861. The van der Waals surface area contributed by atoms with Gasteiger partial charge >= 0.3 is 0 Å². The van der Waals surface area contributed by atoms with Gasteiger partial charge in [-0.3, -0.25) is 0 Å². The first kappa shape index (κ1) is 11.5. The summed E-state index contributed by atoms with van der Waals surface area (Å²) >= 11 is 0. The van der Waals surface area contributed by atoms with Crippen molar-refractivity contribution in [3.05, 3.63) is 71.8 Å². The Kier molecular flexibility index (Phi) is 2.95. The van der Waals surface area contributed by atoms with Crippen LogP contribution in [-0.2, 0) is 11.8 Å². The lowest BCUT2D eigenvalue weighted by atomic mass is 9.93. The van der Waals surface area contributed by atoms with Crippen molar-refractivity contribution in [3.63, 3.8) is 0 Å². The zero-order valence-corrected chi connectivity index (χ0v) is 11.0. The molecule has 3 rings (SSSR count). The second-order valence-electron chi connectivity index (χ2n) is 5.71. The van der Waals surface area contributed by atoms with Crippen molar-refractivity contribution >= 4 is 0 Å². The Balaban J connectivity index is 1.61. The summed E-state index contributed by atoms with van der Waals surface area (Å²) in [4.78, 5) is 0. The van der Waals surface area contributed by atoms with Gasteiger partial charge in [-0.25, -0.2) is 0 Å². The van der Waals surface area contributed by atoms with E-state index in [4.69, 9.17) is 0 Å². The molecule has 0 nitrogen and oxygen atoms in total. The van der Waals surface area contributed by atoms with Gasteiger partial charge in [0.1, 0.15) is 0 Å². The number of hydrogen-bond acceptors (Lipinski definition) is 0. The van der Waals surface area contributed by atoms with Gasteiger partial charge in [0.2, 0.25) is 0 Å². The lowest BCUT2D eigenvalue weighted by molar-refractivity contribution is 0.613. The molecule has 0 N–H and O–H groups in total. The molecule has 2 aromatic carbocycles. The van der Waals surface area contributed by atoms with E-state index in [0.29, 0.717) is 5.41 Å². The third kappa shape index (κ3) is 2.20. The minimum absolute atomic E-state index is 0.441. The number of hydrogen-bond donors (Lipinski definition) is 0. The van der Waals surface area contributed by atoms with Gasteiger partial charge in [0.15, 0.2) is 0 Å². The van der Waals surface area contributed by atoms with Crippen LogP contribution in [0.25, 0.3) is 0 Å². The van der Waals surface area contributed by atoms with Gasteiger partial charge in [-0.2, -0.15) is 0 Å². The molecule has 0 aromatic heterocycles. The Bertz CT molecular complexity index is 500. The van der Waals surface area contributed by atoms with E-state index < -0.39 is 0 Å². The number of benzene rings is 2. The lowest BCUT2D eigenvalue weighted by Gasteiger charge is -2.11. The van der Waals surface area contributed by atoms with Crippen molar-refractivity contribution in [1.29, 1.82) is 0 Å². The van der Waals surface area contributed by atoms with E-state index >= 15 is 0 Å². The Morgan fingerprint density at radius 1 is 0.944 bits per heavy atom. The summed E-state index contributed by atoms with van der Waals surface area (Å²) in [6.45, 7) is 2.41. The Morgan fingerprint density at radius 3 is 2.22 bits per heavy atom. The summed E-state index contributed by atoms with van der Waals surface area (Å²) in [6.07, 6.45) is 3.88. The maximum atomic E-state index is 2.41. The first-order chi connectivity index (χ1) is 8.79. The van der Waals surface area contributed by atoms with Crippen LogP contribution in [0.15, 0.2) is 60.7 Å². The van der Waals surface area contributed by atoms with Crippen molar-refractivity contribution in [1.82, 2.24) is 0 Å². The second-order valence-corrected chi connectivity index (χ2v) is 5.71. The topological polar surface area (TPSA) is 0 Å². The molecule has 1 fully saturated rings. The summed E-state index contributed by atoms with van der Waals surface area (Å²) < 4.78 is 0. The van der Waals surface area contributed by atoms with Crippen molar-refractivity contribution < 1.29 is 0 Å². The highest BCUT2D eigenvalue weighted by Gasteiger charge is 2.50. The minimum Gasteiger partial charge on any atom is -0.0622 e. The van der Waals surface area contributed by atoms with E-state index in [1.54, 1.807) is 0 Å². The monoisotopic (exact) mass is 236 g/mol. The van der Waals surface area contributed by atoms with Gasteiger partial charge in [-0.05, 0) is 41.7 Å².